The van der Waals surface area contributed by atoms with Crippen molar-refractivity contribution in [3.63, 3.8) is 0 Å². The monoisotopic (exact) mass is 199 g/mol. The summed E-state index contributed by atoms with van der Waals surface area (Å²) in [7, 11) is 2.13. The van der Waals surface area contributed by atoms with Crippen molar-refractivity contribution < 1.29 is 0 Å². The maximum Gasteiger partial charge on any atom is 0.0253 e. The zero-order valence-electron chi connectivity index (χ0n) is 9.46. The average Bonchev–Trinajstić information content (AvgIpc) is 2.58. The lowest BCUT2D eigenvalue weighted by atomic mass is 9.98. The molecule has 0 spiro atoms. The normalized spacial score (nSPS) is 15.2. The van der Waals surface area contributed by atoms with Gasteiger partial charge in [-0.3, -0.25) is 0 Å². The summed E-state index contributed by atoms with van der Waals surface area (Å²) in [6.45, 7) is 5.88. The topological polar surface area (TPSA) is 4.93 Å². The van der Waals surface area contributed by atoms with E-state index in [9.17, 15) is 0 Å². The molecule has 0 atom stereocenters. The molecule has 0 unspecified atom stereocenters. The largest absolute Gasteiger partial charge is 0.353 e. The highest BCUT2D eigenvalue weighted by Gasteiger charge is 2.14. The predicted octanol–water partition coefficient (Wildman–Crippen LogP) is 3.57. The Kier molecular flexibility index (Phi) is 2.63. The first-order chi connectivity index (χ1) is 7.24. The Labute approximate surface area is 91.4 Å². The van der Waals surface area contributed by atoms with Crippen LogP contribution in [0, 0.1) is 0 Å². The number of allylic oxidation sites excluding steroid dienone is 4. The third-order valence-electron chi connectivity index (χ3n) is 2.97. The fourth-order valence-electron chi connectivity index (χ4n) is 2.19. The summed E-state index contributed by atoms with van der Waals surface area (Å²) in [5, 5.41) is 0. The highest BCUT2D eigenvalue weighted by atomic mass is 14.9. The molecule has 0 saturated heterocycles. The van der Waals surface area contributed by atoms with Crippen LogP contribution >= 0.6 is 0 Å². The SMILES string of the molecule is C=C/C=C(\C)c1cn(C)c2c1C=CCC2. The first-order valence-electron chi connectivity index (χ1n) is 5.38. The lowest BCUT2D eigenvalue weighted by Crippen LogP contribution is -1.98. The van der Waals surface area contributed by atoms with Gasteiger partial charge in [-0.25, -0.2) is 0 Å². The Morgan fingerprint density at radius 1 is 1.53 bits per heavy atom. The highest BCUT2D eigenvalue weighted by molar-refractivity contribution is 5.76. The number of aromatic nitrogens is 1. The van der Waals surface area contributed by atoms with Gasteiger partial charge in [-0.05, 0) is 25.3 Å². The van der Waals surface area contributed by atoms with Gasteiger partial charge in [0, 0.05) is 30.1 Å². The van der Waals surface area contributed by atoms with Crippen molar-refractivity contribution in [3.8, 4) is 0 Å². The maximum atomic E-state index is 3.74. The summed E-state index contributed by atoms with van der Waals surface area (Å²) in [6, 6.07) is 0. The molecule has 78 valence electrons. The summed E-state index contributed by atoms with van der Waals surface area (Å²) in [6.07, 6.45) is 13.0. The molecular weight excluding hydrogens is 182 g/mol. The van der Waals surface area contributed by atoms with Gasteiger partial charge in [0.1, 0.15) is 0 Å². The minimum atomic E-state index is 1.16. The molecule has 0 bridgehead atoms. The van der Waals surface area contributed by atoms with E-state index < -0.39 is 0 Å². The van der Waals surface area contributed by atoms with Crippen LogP contribution in [0.3, 0.4) is 0 Å². The van der Waals surface area contributed by atoms with E-state index in [0.717, 1.165) is 12.8 Å². The molecule has 1 heterocycles. The summed E-state index contributed by atoms with van der Waals surface area (Å²) >= 11 is 0. The number of aryl methyl sites for hydroxylation is 1. The Bertz CT molecular complexity index is 444. The van der Waals surface area contributed by atoms with E-state index in [-0.39, 0.29) is 0 Å². The number of rotatable bonds is 2. The highest BCUT2D eigenvalue weighted by Crippen LogP contribution is 2.29. The molecule has 1 aliphatic carbocycles. The van der Waals surface area contributed by atoms with E-state index in [1.807, 2.05) is 6.08 Å². The standard InChI is InChI=1S/C14H17N/c1-4-7-11(2)13-10-15(3)14-9-6-5-8-12(13)14/h4-5,7-8,10H,1,6,9H2,2-3H3/b11-7+. The van der Waals surface area contributed by atoms with E-state index in [1.165, 1.54) is 22.4 Å². The van der Waals surface area contributed by atoms with Crippen LogP contribution in [0.4, 0.5) is 0 Å². The number of hydrogen-bond acceptors (Lipinski definition) is 0. The van der Waals surface area contributed by atoms with Gasteiger partial charge in [0.2, 0.25) is 0 Å². The Hall–Kier alpha value is -1.50. The molecular formula is C14H17N. The fourth-order valence-corrected chi connectivity index (χ4v) is 2.19. The van der Waals surface area contributed by atoms with E-state index in [1.54, 1.807) is 0 Å². The molecule has 0 N–H and O–H groups in total. The molecule has 1 heteroatoms. The third kappa shape index (κ3) is 1.70. The van der Waals surface area contributed by atoms with Crippen molar-refractivity contribution >= 4 is 11.6 Å². The predicted molar refractivity (Wildman–Crippen MR) is 66.6 cm³/mol. The van der Waals surface area contributed by atoms with Gasteiger partial charge in [0.25, 0.3) is 0 Å². The van der Waals surface area contributed by atoms with Gasteiger partial charge >= 0.3 is 0 Å². The second-order valence-electron chi connectivity index (χ2n) is 4.04. The van der Waals surface area contributed by atoms with Crippen LogP contribution in [0.1, 0.15) is 30.2 Å². The Morgan fingerprint density at radius 3 is 3.07 bits per heavy atom. The quantitative estimate of drug-likeness (QED) is 0.642. The first-order valence-corrected chi connectivity index (χ1v) is 5.38. The van der Waals surface area contributed by atoms with Crippen molar-refractivity contribution in [2.75, 3.05) is 0 Å². The van der Waals surface area contributed by atoms with Crippen molar-refractivity contribution in [2.24, 2.45) is 7.05 Å². The van der Waals surface area contributed by atoms with Crippen LogP contribution in [-0.2, 0) is 13.5 Å². The van der Waals surface area contributed by atoms with E-state index >= 15 is 0 Å². The number of hydrogen-bond donors (Lipinski definition) is 0. The molecule has 0 radical (unpaired) electrons. The van der Waals surface area contributed by atoms with E-state index in [4.69, 9.17) is 0 Å². The molecule has 1 nitrogen and oxygen atoms in total. The zero-order valence-corrected chi connectivity index (χ0v) is 9.46. The van der Waals surface area contributed by atoms with Crippen LogP contribution in [0.5, 0.6) is 0 Å². The van der Waals surface area contributed by atoms with Crippen LogP contribution in [0.25, 0.3) is 11.6 Å². The van der Waals surface area contributed by atoms with Gasteiger partial charge in [0.05, 0.1) is 0 Å². The summed E-state index contributed by atoms with van der Waals surface area (Å²) in [5.41, 5.74) is 5.46. The molecule has 0 aromatic carbocycles. The first kappa shape index (κ1) is 10.0. The molecule has 15 heavy (non-hydrogen) atoms. The van der Waals surface area contributed by atoms with Crippen LogP contribution in [-0.4, -0.2) is 4.57 Å². The molecule has 1 aliphatic rings. The number of nitrogens with zero attached hydrogens (tertiary/aromatic N) is 1. The van der Waals surface area contributed by atoms with Gasteiger partial charge in [-0.1, -0.05) is 30.9 Å². The summed E-state index contributed by atoms with van der Waals surface area (Å²) in [5.74, 6) is 0. The second kappa shape index (κ2) is 3.93. The smallest absolute Gasteiger partial charge is 0.0253 e. The maximum absolute atomic E-state index is 3.74. The molecule has 0 saturated carbocycles. The molecule has 1 aromatic rings. The molecule has 0 amide bonds. The minimum Gasteiger partial charge on any atom is -0.353 e. The third-order valence-corrected chi connectivity index (χ3v) is 2.97. The van der Waals surface area contributed by atoms with Crippen molar-refractivity contribution in [1.82, 2.24) is 4.57 Å². The van der Waals surface area contributed by atoms with Crippen LogP contribution < -0.4 is 0 Å². The molecule has 2 rings (SSSR count). The Morgan fingerprint density at radius 2 is 2.33 bits per heavy atom. The van der Waals surface area contributed by atoms with Gasteiger partial charge in [-0.2, -0.15) is 0 Å². The van der Waals surface area contributed by atoms with Crippen LogP contribution in [0.2, 0.25) is 0 Å². The van der Waals surface area contributed by atoms with Gasteiger partial charge < -0.3 is 4.57 Å². The average molecular weight is 199 g/mol. The van der Waals surface area contributed by atoms with E-state index in [2.05, 4.69) is 49.5 Å². The second-order valence-corrected chi connectivity index (χ2v) is 4.04. The fraction of sp³-hybridized carbons (Fsp3) is 0.286. The zero-order chi connectivity index (χ0) is 10.8. The lowest BCUT2D eigenvalue weighted by Gasteiger charge is -2.08. The minimum absolute atomic E-state index is 1.16. The Balaban J connectivity index is 2.55. The van der Waals surface area contributed by atoms with Crippen molar-refractivity contribution in [1.29, 1.82) is 0 Å². The summed E-state index contributed by atoms with van der Waals surface area (Å²) < 4.78 is 2.24. The van der Waals surface area contributed by atoms with Gasteiger partial charge in [0.15, 0.2) is 0 Å². The molecule has 0 aliphatic heterocycles. The van der Waals surface area contributed by atoms with Gasteiger partial charge in [-0.15, -0.1) is 0 Å². The molecule has 1 aromatic heterocycles. The summed E-state index contributed by atoms with van der Waals surface area (Å²) in [4.78, 5) is 0. The van der Waals surface area contributed by atoms with Crippen LogP contribution in [0.15, 0.2) is 31.0 Å². The van der Waals surface area contributed by atoms with Crippen molar-refractivity contribution in [2.45, 2.75) is 19.8 Å². The van der Waals surface area contributed by atoms with E-state index in [0.29, 0.717) is 0 Å². The van der Waals surface area contributed by atoms with Crippen molar-refractivity contribution in [3.05, 3.63) is 47.8 Å². The molecule has 0 fully saturated rings. The number of fused-ring (bicyclic) bond motifs is 1. The lowest BCUT2D eigenvalue weighted by molar-refractivity contribution is 0.803.